The third kappa shape index (κ3) is 4.51. The Morgan fingerprint density at radius 3 is 2.44 bits per heavy atom. The number of phenols is 1. The molecule has 0 spiro atoms. The molecular weight excluding hydrogens is 496 g/mol. The van der Waals surface area contributed by atoms with Gasteiger partial charge in [0.2, 0.25) is 0 Å². The number of fused-ring (bicyclic) bond motifs is 1. The van der Waals surface area contributed by atoms with Gasteiger partial charge in [0.05, 0.1) is 28.5 Å². The zero-order valence-electron chi connectivity index (χ0n) is 19.2. The maximum absolute atomic E-state index is 13.7. The highest BCUT2D eigenvalue weighted by atomic mass is 35.5. The molecule has 1 N–H and O–H groups in total. The standard InChI is InChI=1S/C28H21ClN2O4S/c1-2-35-27(34)23-24(18-6-4-3-5-7-18)30-28-31(25(23)19-10-12-20(29)13-11-19)26(33)22(36-28)16-17-8-14-21(32)15-9-17/h3-16,25,32H,2H2,1H3/t25-/m0/s1. The number of thiazole rings is 1. The van der Waals surface area contributed by atoms with Crippen molar-refractivity contribution in [2.24, 2.45) is 4.99 Å². The maximum Gasteiger partial charge on any atom is 0.338 e. The molecule has 36 heavy (non-hydrogen) atoms. The first-order valence-corrected chi connectivity index (χ1v) is 12.5. The molecule has 1 aromatic heterocycles. The fourth-order valence-corrected chi connectivity index (χ4v) is 5.25. The van der Waals surface area contributed by atoms with E-state index in [4.69, 9.17) is 21.3 Å². The van der Waals surface area contributed by atoms with E-state index in [1.54, 1.807) is 66.1 Å². The second-order valence-electron chi connectivity index (χ2n) is 8.07. The third-order valence-electron chi connectivity index (χ3n) is 5.75. The van der Waals surface area contributed by atoms with Crippen LogP contribution in [0.4, 0.5) is 0 Å². The summed E-state index contributed by atoms with van der Waals surface area (Å²) in [5.41, 5.74) is 2.69. The maximum atomic E-state index is 13.7. The Bertz CT molecular complexity index is 1640. The Labute approximate surface area is 215 Å². The minimum absolute atomic E-state index is 0.142. The molecule has 0 radical (unpaired) electrons. The molecule has 0 unspecified atom stereocenters. The van der Waals surface area contributed by atoms with Gasteiger partial charge in [-0.1, -0.05) is 77.5 Å². The molecule has 180 valence electrons. The molecule has 2 heterocycles. The van der Waals surface area contributed by atoms with Crippen molar-refractivity contribution in [1.82, 2.24) is 4.57 Å². The van der Waals surface area contributed by atoms with Gasteiger partial charge in [-0.05, 0) is 48.4 Å². The topological polar surface area (TPSA) is 80.9 Å². The Balaban J connectivity index is 1.82. The molecule has 8 heteroatoms. The summed E-state index contributed by atoms with van der Waals surface area (Å²) in [6, 6.07) is 22.3. The quantitative estimate of drug-likeness (QED) is 0.401. The zero-order chi connectivity index (χ0) is 25.2. The summed E-state index contributed by atoms with van der Waals surface area (Å²) in [4.78, 5) is 32.4. The van der Waals surface area contributed by atoms with E-state index >= 15 is 0 Å². The van der Waals surface area contributed by atoms with Gasteiger partial charge in [-0.15, -0.1) is 0 Å². The molecule has 0 saturated carbocycles. The number of carbonyl (C=O) groups is 1. The summed E-state index contributed by atoms with van der Waals surface area (Å²) in [5, 5.41) is 10.1. The zero-order valence-corrected chi connectivity index (χ0v) is 20.8. The van der Waals surface area contributed by atoms with Crippen LogP contribution in [0.2, 0.25) is 5.02 Å². The van der Waals surface area contributed by atoms with E-state index in [1.807, 2.05) is 30.3 Å². The number of aromatic nitrogens is 1. The second kappa shape index (κ2) is 9.97. The van der Waals surface area contributed by atoms with Gasteiger partial charge in [0.15, 0.2) is 4.80 Å². The molecule has 0 saturated heterocycles. The highest BCUT2D eigenvalue weighted by Gasteiger charge is 2.35. The van der Waals surface area contributed by atoms with Crippen LogP contribution < -0.4 is 14.9 Å². The van der Waals surface area contributed by atoms with Crippen molar-refractivity contribution in [2.45, 2.75) is 13.0 Å². The van der Waals surface area contributed by atoms with Crippen molar-refractivity contribution in [1.29, 1.82) is 0 Å². The largest absolute Gasteiger partial charge is 0.508 e. The first-order valence-electron chi connectivity index (χ1n) is 11.3. The first kappa shape index (κ1) is 23.8. The second-order valence-corrected chi connectivity index (χ2v) is 9.52. The smallest absolute Gasteiger partial charge is 0.338 e. The monoisotopic (exact) mass is 516 g/mol. The van der Waals surface area contributed by atoms with Gasteiger partial charge in [-0.25, -0.2) is 9.79 Å². The molecular formula is C28H21ClN2O4S. The number of ether oxygens (including phenoxy) is 1. The number of benzene rings is 3. The number of carbonyl (C=O) groups excluding carboxylic acids is 1. The Morgan fingerprint density at radius 1 is 1.08 bits per heavy atom. The van der Waals surface area contributed by atoms with E-state index in [0.717, 1.165) is 11.1 Å². The van der Waals surface area contributed by atoms with Crippen molar-refractivity contribution >= 4 is 40.7 Å². The van der Waals surface area contributed by atoms with Gasteiger partial charge in [0, 0.05) is 10.6 Å². The lowest BCUT2D eigenvalue weighted by Gasteiger charge is -2.25. The van der Waals surface area contributed by atoms with Gasteiger partial charge in [0.1, 0.15) is 5.75 Å². The minimum Gasteiger partial charge on any atom is -0.508 e. The summed E-state index contributed by atoms with van der Waals surface area (Å²) in [7, 11) is 0. The average molecular weight is 517 g/mol. The van der Waals surface area contributed by atoms with Crippen LogP contribution in [-0.2, 0) is 9.53 Å². The lowest BCUT2D eigenvalue weighted by atomic mass is 9.93. The van der Waals surface area contributed by atoms with Gasteiger partial charge in [-0.3, -0.25) is 9.36 Å². The molecule has 0 aliphatic carbocycles. The summed E-state index contributed by atoms with van der Waals surface area (Å²) in [6.45, 7) is 1.92. The number of phenolic OH excluding ortho intramolecular Hbond substituents is 1. The summed E-state index contributed by atoms with van der Waals surface area (Å²) >= 11 is 7.39. The van der Waals surface area contributed by atoms with Gasteiger partial charge in [-0.2, -0.15) is 0 Å². The van der Waals surface area contributed by atoms with Crippen molar-refractivity contribution in [3.05, 3.63) is 126 Å². The van der Waals surface area contributed by atoms with E-state index in [-0.39, 0.29) is 23.5 Å². The number of hydrogen-bond donors (Lipinski definition) is 1. The van der Waals surface area contributed by atoms with Crippen LogP contribution in [0.15, 0.2) is 94.2 Å². The number of hydrogen-bond acceptors (Lipinski definition) is 6. The Hall–Kier alpha value is -3.94. The Kier molecular flexibility index (Phi) is 6.59. The molecule has 5 rings (SSSR count). The number of esters is 1. The fourth-order valence-electron chi connectivity index (χ4n) is 4.12. The van der Waals surface area contributed by atoms with Crippen LogP contribution in [0.1, 0.15) is 29.7 Å². The van der Waals surface area contributed by atoms with Crippen molar-refractivity contribution in [2.75, 3.05) is 6.61 Å². The van der Waals surface area contributed by atoms with E-state index < -0.39 is 12.0 Å². The molecule has 0 amide bonds. The predicted molar refractivity (Wildman–Crippen MR) is 141 cm³/mol. The van der Waals surface area contributed by atoms with Crippen LogP contribution in [0.5, 0.6) is 5.75 Å². The van der Waals surface area contributed by atoms with Gasteiger partial charge >= 0.3 is 5.97 Å². The predicted octanol–water partition coefficient (Wildman–Crippen LogP) is 4.29. The molecule has 4 aromatic rings. The molecule has 0 bridgehead atoms. The molecule has 1 aliphatic rings. The van der Waals surface area contributed by atoms with Crippen LogP contribution in [0.3, 0.4) is 0 Å². The molecule has 0 fully saturated rings. The van der Waals surface area contributed by atoms with E-state index in [1.165, 1.54) is 11.3 Å². The molecule has 1 atom stereocenters. The number of halogens is 1. The summed E-state index contributed by atoms with van der Waals surface area (Å²) in [6.07, 6.45) is 1.75. The lowest BCUT2D eigenvalue weighted by Crippen LogP contribution is -2.40. The van der Waals surface area contributed by atoms with Gasteiger partial charge in [0.25, 0.3) is 5.56 Å². The summed E-state index contributed by atoms with van der Waals surface area (Å²) in [5.74, 6) is -0.393. The highest BCUT2D eigenvalue weighted by molar-refractivity contribution is 7.07. The fraction of sp³-hybridized carbons (Fsp3) is 0.107. The minimum atomic E-state index is -0.755. The average Bonchev–Trinajstić information content (AvgIpc) is 3.20. The van der Waals surface area contributed by atoms with E-state index in [9.17, 15) is 14.7 Å². The number of rotatable bonds is 5. The number of aromatic hydroxyl groups is 1. The van der Waals surface area contributed by atoms with Crippen molar-refractivity contribution in [3.63, 3.8) is 0 Å². The van der Waals surface area contributed by atoms with Crippen molar-refractivity contribution in [3.8, 4) is 5.75 Å². The third-order valence-corrected chi connectivity index (χ3v) is 6.99. The first-order chi connectivity index (χ1) is 17.5. The van der Waals surface area contributed by atoms with Gasteiger partial charge < -0.3 is 9.84 Å². The molecule has 1 aliphatic heterocycles. The SMILES string of the molecule is CCOC(=O)C1=C(c2ccccc2)N=c2sc(=Cc3ccc(O)cc3)c(=O)n2[C@H]1c1ccc(Cl)cc1. The Morgan fingerprint density at radius 2 is 1.78 bits per heavy atom. The molecule has 6 nitrogen and oxygen atoms in total. The van der Waals surface area contributed by atoms with E-state index in [2.05, 4.69) is 0 Å². The van der Waals surface area contributed by atoms with Crippen molar-refractivity contribution < 1.29 is 14.6 Å². The van der Waals surface area contributed by atoms with Crippen LogP contribution in [0, 0.1) is 0 Å². The van der Waals surface area contributed by atoms with E-state index in [0.29, 0.717) is 25.6 Å². The molecule has 3 aromatic carbocycles. The highest BCUT2D eigenvalue weighted by Crippen LogP contribution is 2.35. The lowest BCUT2D eigenvalue weighted by molar-refractivity contribution is -0.138. The normalized spacial score (nSPS) is 15.4. The summed E-state index contributed by atoms with van der Waals surface area (Å²) < 4.78 is 7.45. The van der Waals surface area contributed by atoms with Crippen LogP contribution >= 0.6 is 22.9 Å². The van der Waals surface area contributed by atoms with Crippen LogP contribution in [0.25, 0.3) is 11.8 Å². The number of nitrogens with zero attached hydrogens (tertiary/aromatic N) is 2. The van der Waals surface area contributed by atoms with Crippen LogP contribution in [-0.4, -0.2) is 22.2 Å².